The Morgan fingerprint density at radius 3 is 2.26 bits per heavy atom. The second-order valence-corrected chi connectivity index (χ2v) is 7.90. The number of anilines is 1. The molecule has 34 heavy (non-hydrogen) atoms. The quantitative estimate of drug-likeness (QED) is 0.402. The molecule has 2 rings (SSSR count). The molecule has 2 aromatic rings. The van der Waals surface area contributed by atoms with E-state index >= 15 is 0 Å². The molecule has 0 aliphatic carbocycles. The van der Waals surface area contributed by atoms with E-state index in [1.807, 2.05) is 6.92 Å². The van der Waals surface area contributed by atoms with Crippen LogP contribution in [0.15, 0.2) is 42.5 Å². The lowest BCUT2D eigenvalue weighted by Crippen LogP contribution is -2.33. The van der Waals surface area contributed by atoms with Crippen molar-refractivity contribution < 1.29 is 23.9 Å². The lowest BCUT2D eigenvalue weighted by Gasteiger charge is -2.21. The SMILES string of the molecule is CCCCCCOc1ccc(C(=O)N(CC)CCC(=O)Nc2ccc(C(N)=O)cc2)cc1OC. The molecule has 8 heteroatoms. The van der Waals surface area contributed by atoms with Gasteiger partial charge in [0.2, 0.25) is 11.8 Å². The van der Waals surface area contributed by atoms with Gasteiger partial charge in [0, 0.05) is 36.3 Å². The summed E-state index contributed by atoms with van der Waals surface area (Å²) in [5.74, 6) is 0.171. The summed E-state index contributed by atoms with van der Waals surface area (Å²) in [5.41, 5.74) is 6.61. The molecule has 0 bridgehead atoms. The number of nitrogens with one attached hydrogen (secondary N) is 1. The van der Waals surface area contributed by atoms with Crippen LogP contribution in [0, 0.1) is 0 Å². The molecular weight excluding hydrogens is 434 g/mol. The van der Waals surface area contributed by atoms with E-state index in [-0.39, 0.29) is 24.8 Å². The van der Waals surface area contributed by atoms with Gasteiger partial charge in [0.05, 0.1) is 13.7 Å². The predicted octanol–water partition coefficient (Wildman–Crippen LogP) is 4.24. The van der Waals surface area contributed by atoms with Crippen LogP contribution >= 0.6 is 0 Å². The van der Waals surface area contributed by atoms with Gasteiger partial charge in [0.15, 0.2) is 11.5 Å². The summed E-state index contributed by atoms with van der Waals surface area (Å²) in [6.07, 6.45) is 4.57. The summed E-state index contributed by atoms with van der Waals surface area (Å²) in [6, 6.07) is 11.5. The number of hydrogen-bond acceptors (Lipinski definition) is 5. The summed E-state index contributed by atoms with van der Waals surface area (Å²) >= 11 is 0. The van der Waals surface area contributed by atoms with Gasteiger partial charge in [-0.15, -0.1) is 0 Å². The summed E-state index contributed by atoms with van der Waals surface area (Å²) in [6.45, 7) is 5.35. The molecule has 0 aliphatic rings. The average Bonchev–Trinajstić information content (AvgIpc) is 2.84. The van der Waals surface area contributed by atoms with Gasteiger partial charge in [-0.05, 0) is 55.8 Å². The van der Waals surface area contributed by atoms with Gasteiger partial charge in [0.1, 0.15) is 0 Å². The lowest BCUT2D eigenvalue weighted by molar-refractivity contribution is -0.116. The molecule has 0 radical (unpaired) electrons. The Labute approximate surface area is 201 Å². The third-order valence-electron chi connectivity index (χ3n) is 5.40. The summed E-state index contributed by atoms with van der Waals surface area (Å²) in [4.78, 5) is 38.1. The Hall–Kier alpha value is -3.55. The third-order valence-corrected chi connectivity index (χ3v) is 5.40. The molecule has 0 fully saturated rings. The highest BCUT2D eigenvalue weighted by Crippen LogP contribution is 2.29. The number of carbonyl (C=O) groups is 3. The fourth-order valence-electron chi connectivity index (χ4n) is 3.39. The molecule has 0 aromatic heterocycles. The van der Waals surface area contributed by atoms with Gasteiger partial charge in [-0.2, -0.15) is 0 Å². The Balaban J connectivity index is 1.93. The number of primary amides is 1. The molecule has 3 N–H and O–H groups in total. The van der Waals surface area contributed by atoms with Crippen LogP contribution in [0.5, 0.6) is 11.5 Å². The zero-order valence-corrected chi connectivity index (χ0v) is 20.3. The molecule has 184 valence electrons. The van der Waals surface area contributed by atoms with E-state index in [0.717, 1.165) is 12.8 Å². The van der Waals surface area contributed by atoms with E-state index in [1.165, 1.54) is 12.8 Å². The van der Waals surface area contributed by atoms with Gasteiger partial charge >= 0.3 is 0 Å². The Bertz CT molecular complexity index is 959. The van der Waals surface area contributed by atoms with Gasteiger partial charge in [0.25, 0.3) is 5.91 Å². The van der Waals surface area contributed by atoms with E-state index < -0.39 is 5.91 Å². The zero-order chi connectivity index (χ0) is 24.9. The zero-order valence-electron chi connectivity index (χ0n) is 20.3. The number of nitrogens with two attached hydrogens (primary N) is 1. The standard InChI is InChI=1S/C26H35N3O5/c1-4-6-7-8-17-34-22-14-11-20(18-23(22)33-3)26(32)29(5-2)16-15-24(30)28-21-12-9-19(10-13-21)25(27)31/h9-14,18H,4-8,15-17H2,1-3H3,(H2,27,31)(H,28,30). The molecule has 3 amide bonds. The first-order valence-corrected chi connectivity index (χ1v) is 11.7. The van der Waals surface area contributed by atoms with Crippen LogP contribution < -0.4 is 20.5 Å². The third kappa shape index (κ3) is 8.10. The predicted molar refractivity (Wildman–Crippen MR) is 132 cm³/mol. The van der Waals surface area contributed by atoms with E-state index in [1.54, 1.807) is 54.5 Å². The molecule has 0 aliphatic heterocycles. The van der Waals surface area contributed by atoms with Gasteiger partial charge in [-0.3, -0.25) is 14.4 Å². The first-order chi connectivity index (χ1) is 16.4. The lowest BCUT2D eigenvalue weighted by atomic mass is 10.1. The van der Waals surface area contributed by atoms with Crippen molar-refractivity contribution in [2.24, 2.45) is 5.73 Å². The van der Waals surface area contributed by atoms with Crippen LogP contribution in [0.25, 0.3) is 0 Å². The highest BCUT2D eigenvalue weighted by molar-refractivity contribution is 5.96. The number of amides is 3. The highest BCUT2D eigenvalue weighted by atomic mass is 16.5. The van der Waals surface area contributed by atoms with Crippen molar-refractivity contribution in [2.45, 2.75) is 46.0 Å². The number of carbonyl (C=O) groups excluding carboxylic acids is 3. The first-order valence-electron chi connectivity index (χ1n) is 11.7. The number of rotatable bonds is 14. The van der Waals surface area contributed by atoms with Crippen LogP contribution in [-0.2, 0) is 4.79 Å². The van der Waals surface area contributed by atoms with Crippen molar-refractivity contribution in [3.05, 3.63) is 53.6 Å². The Kier molecular flexibility index (Phi) is 10.9. The van der Waals surface area contributed by atoms with Crippen LogP contribution in [0.2, 0.25) is 0 Å². The number of benzene rings is 2. The molecule has 0 unspecified atom stereocenters. The monoisotopic (exact) mass is 469 g/mol. The van der Waals surface area contributed by atoms with Gasteiger partial charge < -0.3 is 25.4 Å². The summed E-state index contributed by atoms with van der Waals surface area (Å²) < 4.78 is 11.3. The van der Waals surface area contributed by atoms with Crippen LogP contribution in [0.4, 0.5) is 5.69 Å². The van der Waals surface area contributed by atoms with Crippen LogP contribution in [-0.4, -0.2) is 49.4 Å². The van der Waals surface area contributed by atoms with Crippen molar-refractivity contribution in [3.63, 3.8) is 0 Å². The fraction of sp³-hybridized carbons (Fsp3) is 0.423. The second kappa shape index (κ2) is 13.9. The van der Waals surface area contributed by atoms with E-state index in [0.29, 0.717) is 41.5 Å². The molecule has 2 aromatic carbocycles. The smallest absolute Gasteiger partial charge is 0.253 e. The van der Waals surface area contributed by atoms with E-state index in [9.17, 15) is 14.4 Å². The second-order valence-electron chi connectivity index (χ2n) is 7.90. The topological polar surface area (TPSA) is 111 Å². The normalized spacial score (nSPS) is 10.4. The number of ether oxygens (including phenoxy) is 2. The van der Waals surface area contributed by atoms with Crippen molar-refractivity contribution in [2.75, 3.05) is 32.1 Å². The van der Waals surface area contributed by atoms with Gasteiger partial charge in [-0.1, -0.05) is 26.2 Å². The minimum atomic E-state index is -0.529. The number of nitrogens with zero attached hydrogens (tertiary/aromatic N) is 1. The van der Waals surface area contributed by atoms with Crippen molar-refractivity contribution >= 4 is 23.4 Å². The van der Waals surface area contributed by atoms with Crippen LogP contribution in [0.1, 0.15) is 66.7 Å². The van der Waals surface area contributed by atoms with E-state index in [2.05, 4.69) is 12.2 Å². The van der Waals surface area contributed by atoms with Crippen molar-refractivity contribution in [3.8, 4) is 11.5 Å². The summed E-state index contributed by atoms with van der Waals surface area (Å²) in [7, 11) is 1.55. The minimum absolute atomic E-state index is 0.132. The number of unbranched alkanes of at least 4 members (excludes halogenated alkanes) is 3. The first kappa shape index (κ1) is 26.7. The molecule has 0 spiro atoms. The fourth-order valence-corrected chi connectivity index (χ4v) is 3.39. The number of methoxy groups -OCH3 is 1. The highest BCUT2D eigenvalue weighted by Gasteiger charge is 2.18. The molecule has 0 saturated heterocycles. The maximum Gasteiger partial charge on any atom is 0.253 e. The molecule has 0 atom stereocenters. The molecule has 8 nitrogen and oxygen atoms in total. The molecular formula is C26H35N3O5. The average molecular weight is 470 g/mol. The Morgan fingerprint density at radius 1 is 0.941 bits per heavy atom. The maximum atomic E-state index is 13.0. The van der Waals surface area contributed by atoms with E-state index in [4.69, 9.17) is 15.2 Å². The largest absolute Gasteiger partial charge is 0.493 e. The minimum Gasteiger partial charge on any atom is -0.493 e. The van der Waals surface area contributed by atoms with Crippen molar-refractivity contribution in [1.82, 2.24) is 4.90 Å². The molecule has 0 saturated carbocycles. The maximum absolute atomic E-state index is 13.0. The van der Waals surface area contributed by atoms with Crippen molar-refractivity contribution in [1.29, 1.82) is 0 Å². The Morgan fingerprint density at radius 2 is 1.65 bits per heavy atom. The molecule has 0 heterocycles. The number of hydrogen-bond donors (Lipinski definition) is 2. The van der Waals surface area contributed by atoms with Gasteiger partial charge in [-0.25, -0.2) is 0 Å². The van der Waals surface area contributed by atoms with Crippen LogP contribution in [0.3, 0.4) is 0 Å². The summed E-state index contributed by atoms with van der Waals surface area (Å²) in [5, 5.41) is 2.76.